The maximum absolute atomic E-state index is 12.8. The number of rotatable bonds is 8. The van der Waals surface area contributed by atoms with Crippen LogP contribution in [0.25, 0.3) is 0 Å². The van der Waals surface area contributed by atoms with Crippen molar-refractivity contribution in [3.8, 4) is 5.75 Å². The van der Waals surface area contributed by atoms with E-state index in [4.69, 9.17) is 28.3 Å². The molecule has 1 saturated heterocycles. The van der Waals surface area contributed by atoms with Crippen molar-refractivity contribution in [1.29, 1.82) is 0 Å². The van der Waals surface area contributed by atoms with Crippen molar-refractivity contribution in [2.24, 2.45) is 0 Å². The van der Waals surface area contributed by atoms with Gasteiger partial charge in [-0.2, -0.15) is 0 Å². The first-order valence-electron chi connectivity index (χ1n) is 9.32. The summed E-state index contributed by atoms with van der Waals surface area (Å²) in [6.07, 6.45) is 0.614. The topological polar surface area (TPSA) is 153 Å². The molecule has 2 rings (SSSR count). The number of aliphatic carboxylic acids is 1. The van der Waals surface area contributed by atoms with Gasteiger partial charge in [-0.25, -0.2) is 0 Å². The Morgan fingerprint density at radius 3 is 2.39 bits per heavy atom. The maximum Gasteiger partial charge on any atom is 0.305 e. The molecule has 3 atom stereocenters. The summed E-state index contributed by atoms with van der Waals surface area (Å²) in [4.78, 5) is 60.8. The number of aromatic hydroxyl groups is 1. The predicted molar refractivity (Wildman–Crippen MR) is 110 cm³/mol. The molecule has 0 unspecified atom stereocenters. The van der Waals surface area contributed by atoms with Crippen molar-refractivity contribution in [3.63, 3.8) is 0 Å². The summed E-state index contributed by atoms with van der Waals surface area (Å²) >= 11 is 11.6. The van der Waals surface area contributed by atoms with Crippen LogP contribution in [0.3, 0.4) is 0 Å². The Kier molecular flexibility index (Phi) is 8.23. The van der Waals surface area contributed by atoms with Crippen LogP contribution in [0.15, 0.2) is 12.1 Å². The van der Waals surface area contributed by atoms with Crippen LogP contribution in [-0.2, 0) is 19.2 Å². The lowest BCUT2D eigenvalue weighted by molar-refractivity contribution is -0.141. The number of amides is 3. The number of halogens is 2. The number of phenols is 1. The van der Waals surface area contributed by atoms with E-state index in [1.807, 2.05) is 0 Å². The van der Waals surface area contributed by atoms with Crippen LogP contribution in [0, 0.1) is 0 Å². The fraction of sp³-hybridized carbons (Fsp3) is 0.421. The number of nitrogens with one attached hydrogen (secondary N) is 2. The molecule has 0 aliphatic carbocycles. The first-order valence-corrected chi connectivity index (χ1v) is 10.1. The average molecular weight is 474 g/mol. The third-order valence-corrected chi connectivity index (χ3v) is 5.30. The number of carboxylic acids is 1. The molecule has 0 saturated carbocycles. The number of likely N-dealkylation sites (tertiary alicyclic amines) is 1. The Morgan fingerprint density at radius 1 is 1.23 bits per heavy atom. The number of phenolic OH excluding ortho intramolecular Hbond substituents is 1. The molecule has 1 aromatic rings. The molecule has 1 heterocycles. The average Bonchev–Trinajstić information content (AvgIpc) is 3.19. The van der Waals surface area contributed by atoms with Crippen molar-refractivity contribution in [1.82, 2.24) is 15.5 Å². The number of carbonyl (C=O) groups is 5. The van der Waals surface area contributed by atoms with Gasteiger partial charge in [-0.15, -0.1) is 0 Å². The van der Waals surface area contributed by atoms with Gasteiger partial charge in [0.1, 0.15) is 18.4 Å². The summed E-state index contributed by atoms with van der Waals surface area (Å²) in [6, 6.07) is -0.704. The molecule has 31 heavy (non-hydrogen) atoms. The van der Waals surface area contributed by atoms with E-state index in [0.29, 0.717) is 19.1 Å². The molecule has 168 valence electrons. The van der Waals surface area contributed by atoms with Crippen LogP contribution in [0.5, 0.6) is 5.75 Å². The normalized spacial score (nSPS) is 17.5. The Hall–Kier alpha value is -2.85. The summed E-state index contributed by atoms with van der Waals surface area (Å²) in [5.74, 6) is -3.44. The second-order valence-corrected chi connectivity index (χ2v) is 7.84. The van der Waals surface area contributed by atoms with E-state index in [2.05, 4.69) is 10.6 Å². The third kappa shape index (κ3) is 6.08. The number of hydrogen-bond donors (Lipinski definition) is 4. The summed E-state index contributed by atoms with van der Waals surface area (Å²) in [5.41, 5.74) is 0.0330. The van der Waals surface area contributed by atoms with Crippen LogP contribution >= 0.6 is 23.2 Å². The van der Waals surface area contributed by atoms with Crippen molar-refractivity contribution < 1.29 is 34.2 Å². The number of carbonyl (C=O) groups excluding carboxylic acids is 4. The van der Waals surface area contributed by atoms with Crippen LogP contribution in [0.1, 0.15) is 36.5 Å². The zero-order valence-corrected chi connectivity index (χ0v) is 17.9. The highest BCUT2D eigenvalue weighted by Crippen LogP contribution is 2.32. The monoisotopic (exact) mass is 473 g/mol. The van der Waals surface area contributed by atoms with Crippen LogP contribution in [0.4, 0.5) is 0 Å². The number of hydrogen-bond acceptors (Lipinski definition) is 6. The van der Waals surface area contributed by atoms with E-state index >= 15 is 0 Å². The van der Waals surface area contributed by atoms with Gasteiger partial charge in [-0.1, -0.05) is 23.2 Å². The van der Waals surface area contributed by atoms with E-state index in [0.717, 1.165) is 0 Å². The Labute approximate surface area is 187 Å². The van der Waals surface area contributed by atoms with Gasteiger partial charge in [-0.3, -0.25) is 19.2 Å². The zero-order valence-electron chi connectivity index (χ0n) is 16.4. The van der Waals surface area contributed by atoms with Gasteiger partial charge in [0.25, 0.3) is 5.91 Å². The van der Waals surface area contributed by atoms with Gasteiger partial charge in [0, 0.05) is 12.1 Å². The van der Waals surface area contributed by atoms with E-state index in [-0.39, 0.29) is 27.9 Å². The van der Waals surface area contributed by atoms with Crippen LogP contribution in [-0.4, -0.2) is 69.8 Å². The van der Waals surface area contributed by atoms with Gasteiger partial charge >= 0.3 is 5.97 Å². The van der Waals surface area contributed by atoms with Gasteiger partial charge in [0.05, 0.1) is 22.5 Å². The minimum absolute atomic E-state index is 0.0330. The van der Waals surface area contributed by atoms with E-state index in [9.17, 15) is 29.1 Å². The van der Waals surface area contributed by atoms with Gasteiger partial charge in [0.15, 0.2) is 5.75 Å². The molecular weight excluding hydrogens is 453 g/mol. The quantitative estimate of drug-likeness (QED) is 0.410. The molecule has 3 amide bonds. The number of nitrogens with zero attached hydrogens (tertiary/aromatic N) is 1. The van der Waals surface area contributed by atoms with Crippen LogP contribution in [0.2, 0.25) is 10.0 Å². The number of carboxylic acid groups (broad SMARTS) is 1. The first-order chi connectivity index (χ1) is 14.5. The molecular formula is C19H21Cl2N3O7. The van der Waals surface area contributed by atoms with Crippen molar-refractivity contribution in [2.45, 2.75) is 44.3 Å². The molecule has 0 aromatic heterocycles. The summed E-state index contributed by atoms with van der Waals surface area (Å²) < 4.78 is 0. The summed E-state index contributed by atoms with van der Waals surface area (Å²) in [6.45, 7) is 1.70. The third-order valence-electron chi connectivity index (χ3n) is 4.72. The van der Waals surface area contributed by atoms with Crippen molar-refractivity contribution >= 4 is 53.2 Å². The van der Waals surface area contributed by atoms with Crippen LogP contribution < -0.4 is 10.6 Å². The maximum atomic E-state index is 12.8. The lowest BCUT2D eigenvalue weighted by atomic mass is 10.1. The molecule has 10 nitrogen and oxygen atoms in total. The Bertz CT molecular complexity index is 885. The summed E-state index contributed by atoms with van der Waals surface area (Å²) in [5, 5.41) is 22.9. The first kappa shape index (κ1) is 24.4. The molecule has 1 aromatic carbocycles. The van der Waals surface area contributed by atoms with Crippen molar-refractivity contribution in [2.75, 3.05) is 6.54 Å². The minimum Gasteiger partial charge on any atom is -0.505 e. The minimum atomic E-state index is -1.25. The van der Waals surface area contributed by atoms with Crippen molar-refractivity contribution in [3.05, 3.63) is 27.7 Å². The number of aldehydes is 1. The van der Waals surface area contributed by atoms with Gasteiger partial charge < -0.3 is 30.5 Å². The fourth-order valence-electron chi connectivity index (χ4n) is 3.19. The molecule has 1 aliphatic heterocycles. The molecule has 1 aliphatic rings. The molecule has 0 spiro atoms. The molecule has 12 heteroatoms. The molecule has 1 fully saturated rings. The largest absolute Gasteiger partial charge is 0.505 e. The van der Waals surface area contributed by atoms with E-state index in [1.54, 1.807) is 0 Å². The predicted octanol–water partition coefficient (Wildman–Crippen LogP) is 0.967. The van der Waals surface area contributed by atoms with E-state index < -0.39 is 48.2 Å². The Balaban J connectivity index is 2.05. The van der Waals surface area contributed by atoms with Gasteiger partial charge in [-0.05, 0) is 31.9 Å². The molecule has 0 radical (unpaired) electrons. The van der Waals surface area contributed by atoms with Gasteiger partial charge in [0.2, 0.25) is 11.8 Å². The number of benzene rings is 1. The highest BCUT2D eigenvalue weighted by atomic mass is 35.5. The molecule has 0 bridgehead atoms. The summed E-state index contributed by atoms with van der Waals surface area (Å²) in [7, 11) is 0. The standard InChI is InChI=1S/C19H21Cl2N3O7/c1-9(22-17(29)10-5-12(20)16(28)13(21)6-10)19(31)24-4-2-3-14(24)18(30)23-11(8-25)7-15(26)27/h5-6,8-9,11,14,28H,2-4,7H2,1H3,(H,22,29)(H,23,30)(H,26,27)/t9-,11-,14-/m0/s1. The fourth-order valence-corrected chi connectivity index (χ4v) is 3.68. The lowest BCUT2D eigenvalue weighted by Crippen LogP contribution is -2.54. The lowest BCUT2D eigenvalue weighted by Gasteiger charge is -2.27. The smallest absolute Gasteiger partial charge is 0.305 e. The van der Waals surface area contributed by atoms with E-state index in [1.165, 1.54) is 24.0 Å². The zero-order chi connectivity index (χ0) is 23.3. The Morgan fingerprint density at radius 2 is 1.84 bits per heavy atom. The molecule has 4 N–H and O–H groups in total. The SMILES string of the molecule is C[C@H](NC(=O)c1cc(Cl)c(O)c(Cl)c1)C(=O)N1CCC[C@H]1C(=O)N[C@H](C=O)CC(=O)O. The highest BCUT2D eigenvalue weighted by molar-refractivity contribution is 6.37. The second kappa shape index (κ2) is 10.5. The second-order valence-electron chi connectivity index (χ2n) is 7.02. The highest BCUT2D eigenvalue weighted by Gasteiger charge is 2.37.